The van der Waals surface area contributed by atoms with Crippen molar-refractivity contribution in [3.63, 3.8) is 0 Å². The van der Waals surface area contributed by atoms with E-state index in [9.17, 15) is 4.57 Å². The van der Waals surface area contributed by atoms with Crippen molar-refractivity contribution in [2.45, 2.75) is 26.4 Å². The summed E-state index contributed by atoms with van der Waals surface area (Å²) < 4.78 is 25.8. The lowest BCUT2D eigenvalue weighted by Gasteiger charge is -2.17. The first-order valence-corrected chi connectivity index (χ1v) is 6.19. The number of phosphoric ester groups is 1. The highest BCUT2D eigenvalue weighted by atomic mass is 35.5. The molecule has 0 aromatic rings. The molecule has 0 spiro atoms. The lowest BCUT2D eigenvalue weighted by molar-refractivity contribution is 0.121. The van der Waals surface area contributed by atoms with E-state index in [0.717, 1.165) is 6.26 Å². The van der Waals surface area contributed by atoms with E-state index in [1.165, 1.54) is 7.11 Å². The predicted molar refractivity (Wildman–Crippen MR) is 56.3 cm³/mol. The lowest BCUT2D eigenvalue weighted by atomic mass is 10.3. The Balaban J connectivity index is 4.33. The van der Waals surface area contributed by atoms with Gasteiger partial charge in [0, 0.05) is 7.11 Å². The molecule has 0 rings (SSSR count). The van der Waals surface area contributed by atoms with Gasteiger partial charge in [0.1, 0.15) is 10.8 Å². The number of hydrogen-bond acceptors (Lipinski definition) is 4. The van der Waals surface area contributed by atoms with Crippen LogP contribution < -0.4 is 0 Å². The second kappa shape index (κ2) is 6.70. The summed E-state index contributed by atoms with van der Waals surface area (Å²) in [6, 6.07) is 0. The molecular weight excluding hydrogens is 250 g/mol. The molecule has 0 radical (unpaired) electrons. The van der Waals surface area contributed by atoms with Crippen LogP contribution in [-0.4, -0.2) is 13.2 Å². The quantitative estimate of drug-likeness (QED) is 0.539. The molecule has 0 amide bonds. The summed E-state index contributed by atoms with van der Waals surface area (Å²) in [5.41, 5.74) is 0. The monoisotopic (exact) mass is 262 g/mol. The van der Waals surface area contributed by atoms with Crippen LogP contribution in [-0.2, 0) is 18.1 Å². The molecule has 0 N–H and O–H groups in total. The van der Waals surface area contributed by atoms with E-state index in [0.29, 0.717) is 6.42 Å². The van der Waals surface area contributed by atoms with Crippen LogP contribution in [0.4, 0.5) is 0 Å². The van der Waals surface area contributed by atoms with Crippen LogP contribution in [0.2, 0.25) is 0 Å². The molecule has 0 aliphatic heterocycles. The number of hydrogen-bond donors (Lipinski definition) is 0. The summed E-state index contributed by atoms with van der Waals surface area (Å²) in [6.45, 7) is 3.64. The molecule has 2 atom stereocenters. The van der Waals surface area contributed by atoms with Gasteiger partial charge in [-0.2, -0.15) is 0 Å². The molecule has 0 saturated heterocycles. The topological polar surface area (TPSA) is 44.8 Å². The minimum absolute atomic E-state index is 0.157. The lowest BCUT2D eigenvalue weighted by Crippen LogP contribution is -2.06. The van der Waals surface area contributed by atoms with Crippen molar-refractivity contribution < 1.29 is 18.1 Å². The van der Waals surface area contributed by atoms with Crippen molar-refractivity contribution >= 4 is 31.0 Å². The molecule has 0 aromatic heterocycles. The zero-order valence-electron chi connectivity index (χ0n) is 8.20. The van der Waals surface area contributed by atoms with E-state index in [1.54, 1.807) is 6.92 Å². The highest BCUT2D eigenvalue weighted by molar-refractivity contribution is 7.48. The third-order valence-electron chi connectivity index (χ3n) is 1.38. The first-order chi connectivity index (χ1) is 6.43. The Morgan fingerprint density at radius 3 is 2.50 bits per heavy atom. The van der Waals surface area contributed by atoms with Crippen LogP contribution in [0.1, 0.15) is 20.3 Å². The van der Waals surface area contributed by atoms with Gasteiger partial charge in [-0.15, -0.1) is 0 Å². The third-order valence-corrected chi connectivity index (χ3v) is 2.99. The summed E-state index contributed by atoms with van der Waals surface area (Å²) >= 11 is 10.6. The molecule has 4 nitrogen and oxygen atoms in total. The summed E-state index contributed by atoms with van der Waals surface area (Å²) in [4.78, 5) is 0. The van der Waals surface area contributed by atoms with E-state index in [-0.39, 0.29) is 10.6 Å². The first kappa shape index (κ1) is 14.3. The zero-order valence-corrected chi connectivity index (χ0v) is 10.6. The van der Waals surface area contributed by atoms with Crippen LogP contribution >= 0.6 is 31.0 Å². The number of phosphoric acid groups is 1. The maximum atomic E-state index is 11.6. The fourth-order valence-electron chi connectivity index (χ4n) is 0.510. The van der Waals surface area contributed by atoms with Crippen molar-refractivity contribution in [3.05, 3.63) is 10.8 Å². The minimum Gasteiger partial charge on any atom is -0.409 e. The fourth-order valence-corrected chi connectivity index (χ4v) is 1.77. The van der Waals surface area contributed by atoms with Gasteiger partial charge in [0.05, 0.1) is 6.10 Å². The van der Waals surface area contributed by atoms with Gasteiger partial charge in [-0.25, -0.2) is 4.57 Å². The normalized spacial score (nSPS) is 16.9. The minimum atomic E-state index is -3.57. The molecule has 84 valence electrons. The van der Waals surface area contributed by atoms with E-state index in [1.807, 2.05) is 6.92 Å². The van der Waals surface area contributed by atoms with Gasteiger partial charge in [0.15, 0.2) is 0 Å². The summed E-state index contributed by atoms with van der Waals surface area (Å²) in [5, 5.41) is 0. The molecule has 2 unspecified atom stereocenters. The van der Waals surface area contributed by atoms with E-state index in [2.05, 4.69) is 4.52 Å². The summed E-state index contributed by atoms with van der Waals surface area (Å²) in [5.74, 6) is 0. The van der Waals surface area contributed by atoms with Gasteiger partial charge >= 0.3 is 7.82 Å². The molecule has 0 bridgehead atoms. The van der Waals surface area contributed by atoms with Crippen molar-refractivity contribution in [2.24, 2.45) is 0 Å². The average molecular weight is 263 g/mol. The largest absolute Gasteiger partial charge is 0.529 e. The highest BCUT2D eigenvalue weighted by Crippen LogP contribution is 2.50. The van der Waals surface area contributed by atoms with Gasteiger partial charge in [-0.3, -0.25) is 9.05 Å². The van der Waals surface area contributed by atoms with Crippen LogP contribution in [0.5, 0.6) is 0 Å². The standard InChI is InChI=1S/C7H13Cl2O4P/c1-4-6(2)13-14(10,11-3)12-5-7(8)9/h5-6H,4H2,1-3H3. The van der Waals surface area contributed by atoms with Crippen LogP contribution in [0.25, 0.3) is 0 Å². The second-order valence-corrected chi connectivity index (χ2v) is 5.16. The van der Waals surface area contributed by atoms with Crippen molar-refractivity contribution in [3.8, 4) is 0 Å². The molecule has 0 aliphatic carbocycles. The van der Waals surface area contributed by atoms with Crippen molar-refractivity contribution in [2.75, 3.05) is 7.11 Å². The maximum absolute atomic E-state index is 11.6. The number of rotatable bonds is 6. The molecule has 0 heterocycles. The smallest absolute Gasteiger partial charge is 0.409 e. The van der Waals surface area contributed by atoms with Crippen LogP contribution in [0.15, 0.2) is 10.8 Å². The van der Waals surface area contributed by atoms with Gasteiger partial charge < -0.3 is 4.52 Å². The molecule has 14 heavy (non-hydrogen) atoms. The molecule has 7 heteroatoms. The summed E-state index contributed by atoms with van der Waals surface area (Å²) in [7, 11) is -2.35. The maximum Gasteiger partial charge on any atom is 0.529 e. The van der Waals surface area contributed by atoms with Crippen LogP contribution in [0.3, 0.4) is 0 Å². The predicted octanol–water partition coefficient (Wildman–Crippen LogP) is 3.85. The SMILES string of the molecule is CCC(C)OP(=O)(OC)OC=C(Cl)Cl. The average Bonchev–Trinajstić information content (AvgIpc) is 2.14. The zero-order chi connectivity index (χ0) is 11.2. The fraction of sp³-hybridized carbons (Fsp3) is 0.714. The molecule has 0 fully saturated rings. The Hall–Kier alpha value is 0.270. The second-order valence-electron chi connectivity index (χ2n) is 2.47. The van der Waals surface area contributed by atoms with Crippen LogP contribution in [0, 0.1) is 0 Å². The van der Waals surface area contributed by atoms with Gasteiger partial charge in [0.25, 0.3) is 0 Å². The van der Waals surface area contributed by atoms with Gasteiger partial charge in [-0.05, 0) is 13.3 Å². The molecule has 0 aliphatic rings. The van der Waals surface area contributed by atoms with Gasteiger partial charge in [-0.1, -0.05) is 30.1 Å². The highest BCUT2D eigenvalue weighted by Gasteiger charge is 2.27. The van der Waals surface area contributed by atoms with Gasteiger partial charge in [0.2, 0.25) is 0 Å². The van der Waals surface area contributed by atoms with Crippen molar-refractivity contribution in [1.82, 2.24) is 0 Å². The van der Waals surface area contributed by atoms with E-state index < -0.39 is 7.82 Å². The molecule has 0 aromatic carbocycles. The van der Waals surface area contributed by atoms with E-state index in [4.69, 9.17) is 32.2 Å². The Bertz CT molecular complexity index is 240. The Kier molecular flexibility index (Phi) is 6.83. The van der Waals surface area contributed by atoms with Crippen molar-refractivity contribution in [1.29, 1.82) is 0 Å². The Morgan fingerprint density at radius 1 is 1.57 bits per heavy atom. The molecule has 0 saturated carbocycles. The van der Waals surface area contributed by atoms with E-state index >= 15 is 0 Å². The Morgan fingerprint density at radius 2 is 2.14 bits per heavy atom. The summed E-state index contributed by atoms with van der Waals surface area (Å²) in [6.07, 6.45) is 1.37. The first-order valence-electron chi connectivity index (χ1n) is 3.97. The molecular formula is C7H13Cl2O4P. The third kappa shape index (κ3) is 5.89. The number of halogens is 2. The Labute approximate surface area is 93.7 Å².